The molecule has 0 amide bonds. The molecule has 2 aromatic rings. The molecule has 0 aliphatic carbocycles. The fourth-order valence-corrected chi connectivity index (χ4v) is 2.42. The number of hydrogen-bond donors (Lipinski definition) is 1. The molecule has 0 unspecified atom stereocenters. The normalized spacial score (nSPS) is 10.8. The summed E-state index contributed by atoms with van der Waals surface area (Å²) in [4.78, 5) is 13.7. The van der Waals surface area contributed by atoms with Crippen molar-refractivity contribution in [2.75, 3.05) is 6.54 Å². The van der Waals surface area contributed by atoms with E-state index >= 15 is 0 Å². The third-order valence-electron chi connectivity index (χ3n) is 3.52. The Morgan fingerprint density at radius 3 is 2.25 bits per heavy atom. The van der Waals surface area contributed by atoms with Gasteiger partial charge in [-0.05, 0) is 49.9 Å². The summed E-state index contributed by atoms with van der Waals surface area (Å²) in [5, 5.41) is 0. The van der Waals surface area contributed by atoms with Crippen molar-refractivity contribution in [1.82, 2.24) is 15.0 Å². The lowest BCUT2D eigenvalue weighted by molar-refractivity contribution is 0.844. The van der Waals surface area contributed by atoms with Crippen LogP contribution < -0.4 is 5.73 Å². The van der Waals surface area contributed by atoms with E-state index < -0.39 is 0 Å². The highest BCUT2D eigenvalue weighted by molar-refractivity contribution is 5.59. The fraction of sp³-hybridized carbons (Fsp3) is 0.438. The van der Waals surface area contributed by atoms with Gasteiger partial charge in [0.05, 0.1) is 0 Å². The first kappa shape index (κ1) is 14.6. The third-order valence-corrected chi connectivity index (χ3v) is 3.52. The van der Waals surface area contributed by atoms with Crippen LogP contribution in [-0.4, -0.2) is 21.5 Å². The molecule has 0 aromatic carbocycles. The summed E-state index contributed by atoms with van der Waals surface area (Å²) in [5.41, 5.74) is 11.3. The molecule has 0 fully saturated rings. The number of aromatic nitrogens is 3. The molecular weight excluding hydrogens is 248 g/mol. The standard InChI is InChI=1S/C16H22N4/c1-4-14-12(6-8-17)15(5-2)20-16(19-14)13-10-18-9-7-11(13)3/h7,9-10H,4-6,8,17H2,1-3H3. The van der Waals surface area contributed by atoms with Crippen molar-refractivity contribution in [3.8, 4) is 11.4 Å². The summed E-state index contributed by atoms with van der Waals surface area (Å²) >= 11 is 0. The maximum atomic E-state index is 5.72. The Balaban J connectivity index is 2.59. The minimum Gasteiger partial charge on any atom is -0.330 e. The predicted octanol–water partition coefficient (Wildman–Crippen LogP) is 2.47. The van der Waals surface area contributed by atoms with Gasteiger partial charge in [-0.1, -0.05) is 13.8 Å². The number of nitrogens with zero attached hydrogens (tertiary/aromatic N) is 3. The molecule has 2 aromatic heterocycles. The van der Waals surface area contributed by atoms with Gasteiger partial charge in [-0.3, -0.25) is 4.98 Å². The fourth-order valence-electron chi connectivity index (χ4n) is 2.42. The molecule has 4 heteroatoms. The first-order valence-electron chi connectivity index (χ1n) is 7.20. The van der Waals surface area contributed by atoms with Crippen LogP contribution in [0.5, 0.6) is 0 Å². The molecule has 2 N–H and O–H groups in total. The van der Waals surface area contributed by atoms with E-state index in [-0.39, 0.29) is 0 Å². The largest absolute Gasteiger partial charge is 0.330 e. The van der Waals surface area contributed by atoms with Crippen molar-refractivity contribution < 1.29 is 0 Å². The summed E-state index contributed by atoms with van der Waals surface area (Å²) in [7, 11) is 0. The van der Waals surface area contributed by atoms with Gasteiger partial charge in [0, 0.05) is 29.3 Å². The molecular formula is C16H22N4. The number of nitrogens with two attached hydrogens (primary N) is 1. The summed E-state index contributed by atoms with van der Waals surface area (Å²) < 4.78 is 0. The van der Waals surface area contributed by atoms with Gasteiger partial charge in [-0.2, -0.15) is 0 Å². The lowest BCUT2D eigenvalue weighted by atomic mass is 10.0. The van der Waals surface area contributed by atoms with Crippen LogP contribution in [0.4, 0.5) is 0 Å². The van der Waals surface area contributed by atoms with Crippen LogP contribution in [0.25, 0.3) is 11.4 Å². The summed E-state index contributed by atoms with van der Waals surface area (Å²) in [6, 6.07) is 1.99. The Morgan fingerprint density at radius 1 is 1.10 bits per heavy atom. The van der Waals surface area contributed by atoms with E-state index in [0.717, 1.165) is 47.6 Å². The lowest BCUT2D eigenvalue weighted by Gasteiger charge is -2.14. The minimum atomic E-state index is 0.634. The Hall–Kier alpha value is -1.81. The van der Waals surface area contributed by atoms with E-state index in [4.69, 9.17) is 15.7 Å². The van der Waals surface area contributed by atoms with Crippen molar-refractivity contribution in [1.29, 1.82) is 0 Å². The quantitative estimate of drug-likeness (QED) is 0.906. The van der Waals surface area contributed by atoms with Crippen LogP contribution in [0.1, 0.15) is 36.4 Å². The zero-order valence-electron chi connectivity index (χ0n) is 12.5. The molecule has 0 radical (unpaired) electrons. The highest BCUT2D eigenvalue weighted by Gasteiger charge is 2.14. The molecule has 2 heterocycles. The summed E-state index contributed by atoms with van der Waals surface area (Å²) in [6.07, 6.45) is 6.28. The molecule has 0 aliphatic heterocycles. The Labute approximate surface area is 120 Å². The van der Waals surface area contributed by atoms with Gasteiger partial charge in [0.2, 0.25) is 0 Å². The zero-order valence-corrected chi connectivity index (χ0v) is 12.5. The molecule has 2 rings (SSSR count). The third kappa shape index (κ3) is 2.85. The monoisotopic (exact) mass is 270 g/mol. The second-order valence-corrected chi connectivity index (χ2v) is 4.86. The molecule has 0 bridgehead atoms. The summed E-state index contributed by atoms with van der Waals surface area (Å²) in [6.45, 7) is 6.95. The molecule has 20 heavy (non-hydrogen) atoms. The molecule has 0 saturated heterocycles. The average Bonchev–Trinajstić information content (AvgIpc) is 2.48. The van der Waals surface area contributed by atoms with Crippen LogP contribution in [0, 0.1) is 6.92 Å². The van der Waals surface area contributed by atoms with E-state index in [0.29, 0.717) is 6.54 Å². The Morgan fingerprint density at radius 2 is 1.75 bits per heavy atom. The highest BCUT2D eigenvalue weighted by atomic mass is 14.9. The van der Waals surface area contributed by atoms with Crippen molar-refractivity contribution in [2.24, 2.45) is 5.73 Å². The van der Waals surface area contributed by atoms with Crippen LogP contribution >= 0.6 is 0 Å². The van der Waals surface area contributed by atoms with Crippen LogP contribution in [0.15, 0.2) is 18.5 Å². The topological polar surface area (TPSA) is 64.7 Å². The van der Waals surface area contributed by atoms with Gasteiger partial charge in [0.15, 0.2) is 5.82 Å². The van der Waals surface area contributed by atoms with Gasteiger partial charge in [-0.25, -0.2) is 9.97 Å². The molecule has 0 saturated carbocycles. The second-order valence-electron chi connectivity index (χ2n) is 4.86. The molecule has 0 aliphatic rings. The van der Waals surface area contributed by atoms with E-state index in [1.165, 1.54) is 5.56 Å². The van der Waals surface area contributed by atoms with Gasteiger partial charge in [0.25, 0.3) is 0 Å². The van der Waals surface area contributed by atoms with E-state index in [1.807, 2.05) is 12.3 Å². The van der Waals surface area contributed by atoms with Crippen LogP contribution in [0.2, 0.25) is 0 Å². The molecule has 4 nitrogen and oxygen atoms in total. The SMILES string of the molecule is CCc1nc(-c2cnccc2C)nc(CC)c1CCN. The highest BCUT2D eigenvalue weighted by Crippen LogP contribution is 2.22. The van der Waals surface area contributed by atoms with Gasteiger partial charge in [0.1, 0.15) is 0 Å². The van der Waals surface area contributed by atoms with Gasteiger partial charge >= 0.3 is 0 Å². The predicted molar refractivity (Wildman–Crippen MR) is 81.5 cm³/mol. The average molecular weight is 270 g/mol. The maximum absolute atomic E-state index is 5.72. The first-order chi connectivity index (χ1) is 9.71. The smallest absolute Gasteiger partial charge is 0.161 e. The van der Waals surface area contributed by atoms with E-state index in [9.17, 15) is 0 Å². The van der Waals surface area contributed by atoms with E-state index in [2.05, 4.69) is 25.8 Å². The molecule has 0 atom stereocenters. The van der Waals surface area contributed by atoms with Crippen molar-refractivity contribution in [3.63, 3.8) is 0 Å². The van der Waals surface area contributed by atoms with Crippen LogP contribution in [-0.2, 0) is 19.3 Å². The molecule has 0 spiro atoms. The molecule has 106 valence electrons. The zero-order chi connectivity index (χ0) is 14.5. The van der Waals surface area contributed by atoms with Gasteiger partial charge in [-0.15, -0.1) is 0 Å². The van der Waals surface area contributed by atoms with E-state index in [1.54, 1.807) is 6.20 Å². The minimum absolute atomic E-state index is 0.634. The number of rotatable bonds is 5. The maximum Gasteiger partial charge on any atom is 0.161 e. The Kier molecular flexibility index (Phi) is 4.79. The lowest BCUT2D eigenvalue weighted by Crippen LogP contribution is -2.12. The Bertz CT molecular complexity index is 568. The van der Waals surface area contributed by atoms with Crippen molar-refractivity contribution in [3.05, 3.63) is 41.0 Å². The first-order valence-corrected chi connectivity index (χ1v) is 7.20. The van der Waals surface area contributed by atoms with Gasteiger partial charge < -0.3 is 5.73 Å². The van der Waals surface area contributed by atoms with Crippen molar-refractivity contribution >= 4 is 0 Å². The number of aryl methyl sites for hydroxylation is 3. The van der Waals surface area contributed by atoms with Crippen molar-refractivity contribution in [2.45, 2.75) is 40.0 Å². The number of hydrogen-bond acceptors (Lipinski definition) is 4. The second kappa shape index (κ2) is 6.57. The van der Waals surface area contributed by atoms with Crippen LogP contribution in [0.3, 0.4) is 0 Å². The summed E-state index contributed by atoms with van der Waals surface area (Å²) in [5.74, 6) is 0.782. The number of pyridine rings is 1.